The predicted octanol–water partition coefficient (Wildman–Crippen LogP) is 3.79. The summed E-state index contributed by atoms with van der Waals surface area (Å²) < 4.78 is 18.3. The lowest BCUT2D eigenvalue weighted by Gasteiger charge is -2.13. The van der Waals surface area contributed by atoms with Gasteiger partial charge in [-0.3, -0.25) is 0 Å². The van der Waals surface area contributed by atoms with Crippen molar-refractivity contribution in [3.63, 3.8) is 0 Å². The highest BCUT2D eigenvalue weighted by Crippen LogP contribution is 2.21. The molecule has 1 atom stereocenters. The summed E-state index contributed by atoms with van der Waals surface area (Å²) >= 11 is 5.74. The molecule has 0 fully saturated rings. The highest BCUT2D eigenvalue weighted by atomic mass is 35.5. The average molecular weight is 280 g/mol. The molecule has 19 heavy (non-hydrogen) atoms. The van der Waals surface area contributed by atoms with Crippen LogP contribution in [0.15, 0.2) is 42.6 Å². The molecule has 2 aromatic rings. The molecule has 5 heteroatoms. The van der Waals surface area contributed by atoms with Crippen molar-refractivity contribution in [3.05, 3.63) is 64.7 Å². The second-order valence-electron chi connectivity index (χ2n) is 3.95. The Hall–Kier alpha value is -1.94. The number of nitrogens with zero attached hydrogens (tertiary/aromatic N) is 1. The second-order valence-corrected chi connectivity index (χ2v) is 4.31. The van der Waals surface area contributed by atoms with Gasteiger partial charge in [-0.15, -0.1) is 0 Å². The fraction of sp³-hybridized carbons (Fsp3) is 0.143. The minimum Gasteiger partial charge on any atom is -0.454 e. The number of halogens is 2. The number of hydrogen-bond acceptors (Lipinski definition) is 3. The van der Waals surface area contributed by atoms with Crippen LogP contribution in [0.1, 0.15) is 28.9 Å². The Morgan fingerprint density at radius 3 is 2.74 bits per heavy atom. The Bertz CT molecular complexity index is 589. The van der Waals surface area contributed by atoms with Crippen LogP contribution in [-0.4, -0.2) is 11.0 Å². The summed E-state index contributed by atoms with van der Waals surface area (Å²) in [5.74, 6) is -1.34. The SMILES string of the molecule is CC(OC(=O)c1cc(F)cnc1Cl)c1ccccc1. The van der Waals surface area contributed by atoms with Crippen molar-refractivity contribution in [2.24, 2.45) is 0 Å². The van der Waals surface area contributed by atoms with Crippen LogP contribution >= 0.6 is 11.6 Å². The lowest BCUT2D eigenvalue weighted by atomic mass is 10.1. The van der Waals surface area contributed by atoms with E-state index in [0.717, 1.165) is 17.8 Å². The lowest BCUT2D eigenvalue weighted by Crippen LogP contribution is -2.10. The molecule has 1 aromatic carbocycles. The van der Waals surface area contributed by atoms with Crippen molar-refractivity contribution >= 4 is 17.6 Å². The van der Waals surface area contributed by atoms with E-state index < -0.39 is 17.9 Å². The largest absolute Gasteiger partial charge is 0.454 e. The van der Waals surface area contributed by atoms with Gasteiger partial charge >= 0.3 is 5.97 Å². The Morgan fingerprint density at radius 1 is 1.37 bits per heavy atom. The summed E-state index contributed by atoms with van der Waals surface area (Å²) in [5, 5.41) is -0.0772. The molecule has 0 amide bonds. The first-order valence-corrected chi connectivity index (χ1v) is 6.02. The molecule has 3 nitrogen and oxygen atoms in total. The molecule has 0 aliphatic carbocycles. The standard InChI is InChI=1S/C14H11ClFNO2/c1-9(10-5-3-2-4-6-10)19-14(18)12-7-11(16)8-17-13(12)15/h2-9H,1H3. The summed E-state index contributed by atoms with van der Waals surface area (Å²) in [6.07, 6.45) is 0.493. The van der Waals surface area contributed by atoms with E-state index in [0.29, 0.717) is 0 Å². The van der Waals surface area contributed by atoms with Crippen LogP contribution in [0.3, 0.4) is 0 Å². The van der Waals surface area contributed by atoms with Gasteiger partial charge in [0, 0.05) is 0 Å². The van der Waals surface area contributed by atoms with E-state index >= 15 is 0 Å². The summed E-state index contributed by atoms with van der Waals surface area (Å²) in [5.41, 5.74) is 0.765. The summed E-state index contributed by atoms with van der Waals surface area (Å²) in [4.78, 5) is 15.5. The van der Waals surface area contributed by atoms with Crippen LogP contribution in [0.25, 0.3) is 0 Å². The van der Waals surface area contributed by atoms with Crippen molar-refractivity contribution in [1.82, 2.24) is 4.98 Å². The highest BCUT2D eigenvalue weighted by Gasteiger charge is 2.17. The molecule has 0 bridgehead atoms. The number of ether oxygens (including phenoxy) is 1. The van der Waals surface area contributed by atoms with E-state index in [-0.39, 0.29) is 10.7 Å². The van der Waals surface area contributed by atoms with E-state index in [9.17, 15) is 9.18 Å². The van der Waals surface area contributed by atoms with Gasteiger partial charge in [-0.05, 0) is 18.6 Å². The molecule has 1 unspecified atom stereocenters. The third kappa shape index (κ3) is 3.29. The van der Waals surface area contributed by atoms with Crippen LogP contribution in [-0.2, 0) is 4.74 Å². The first-order chi connectivity index (χ1) is 9.08. The molecule has 0 radical (unpaired) electrons. The fourth-order valence-corrected chi connectivity index (χ4v) is 1.76. The van der Waals surface area contributed by atoms with Crippen molar-refractivity contribution < 1.29 is 13.9 Å². The van der Waals surface area contributed by atoms with E-state index in [2.05, 4.69) is 4.98 Å². The average Bonchev–Trinajstić information content (AvgIpc) is 2.42. The number of aromatic nitrogens is 1. The first-order valence-electron chi connectivity index (χ1n) is 5.65. The number of carbonyl (C=O) groups excluding carboxylic acids is 1. The zero-order chi connectivity index (χ0) is 13.8. The molecule has 98 valence electrons. The Kier molecular flexibility index (Phi) is 4.12. The van der Waals surface area contributed by atoms with Crippen LogP contribution in [0.5, 0.6) is 0 Å². The van der Waals surface area contributed by atoms with Crippen molar-refractivity contribution in [2.75, 3.05) is 0 Å². The molecule has 0 saturated carbocycles. The maximum Gasteiger partial charge on any atom is 0.341 e. The molecule has 1 heterocycles. The molecule has 0 N–H and O–H groups in total. The number of pyridine rings is 1. The van der Waals surface area contributed by atoms with Crippen molar-refractivity contribution in [1.29, 1.82) is 0 Å². The molecular weight excluding hydrogens is 269 g/mol. The molecule has 0 saturated heterocycles. The van der Waals surface area contributed by atoms with Crippen LogP contribution in [0, 0.1) is 5.82 Å². The minimum atomic E-state index is -0.701. The van der Waals surface area contributed by atoms with Crippen LogP contribution < -0.4 is 0 Å². The van der Waals surface area contributed by atoms with Gasteiger partial charge < -0.3 is 4.74 Å². The van der Waals surface area contributed by atoms with Gasteiger partial charge in [0.1, 0.15) is 17.1 Å². The van der Waals surface area contributed by atoms with Crippen molar-refractivity contribution in [3.8, 4) is 0 Å². The quantitative estimate of drug-likeness (QED) is 0.634. The topological polar surface area (TPSA) is 39.2 Å². The zero-order valence-corrected chi connectivity index (χ0v) is 10.9. The Labute approximate surface area is 115 Å². The summed E-state index contributed by atoms with van der Waals surface area (Å²) in [7, 11) is 0. The van der Waals surface area contributed by atoms with E-state index in [1.807, 2.05) is 30.3 Å². The maximum atomic E-state index is 13.0. The number of hydrogen-bond donors (Lipinski definition) is 0. The van der Waals surface area contributed by atoms with Gasteiger partial charge in [-0.2, -0.15) is 0 Å². The van der Waals surface area contributed by atoms with Gasteiger partial charge in [0.15, 0.2) is 0 Å². The number of esters is 1. The molecule has 2 rings (SSSR count). The third-order valence-electron chi connectivity index (χ3n) is 2.58. The highest BCUT2D eigenvalue weighted by molar-refractivity contribution is 6.32. The minimum absolute atomic E-state index is 0.0772. The van der Waals surface area contributed by atoms with Gasteiger partial charge in [0.05, 0.1) is 11.8 Å². The van der Waals surface area contributed by atoms with Gasteiger partial charge in [0.25, 0.3) is 0 Å². The predicted molar refractivity (Wildman–Crippen MR) is 69.5 cm³/mol. The Balaban J connectivity index is 2.15. The smallest absolute Gasteiger partial charge is 0.341 e. The molecule has 1 aromatic heterocycles. The number of carbonyl (C=O) groups is 1. The van der Waals surface area contributed by atoms with Gasteiger partial charge in [-0.1, -0.05) is 41.9 Å². The number of benzene rings is 1. The molecule has 0 aliphatic rings. The molecule has 0 spiro atoms. The molecular formula is C14H11ClFNO2. The fourth-order valence-electron chi connectivity index (χ4n) is 1.58. The van der Waals surface area contributed by atoms with Crippen molar-refractivity contribution in [2.45, 2.75) is 13.0 Å². The van der Waals surface area contributed by atoms with E-state index in [4.69, 9.17) is 16.3 Å². The normalized spacial score (nSPS) is 11.9. The van der Waals surface area contributed by atoms with Gasteiger partial charge in [0.2, 0.25) is 0 Å². The lowest BCUT2D eigenvalue weighted by molar-refractivity contribution is 0.0337. The van der Waals surface area contributed by atoms with E-state index in [1.54, 1.807) is 6.92 Å². The Morgan fingerprint density at radius 2 is 2.05 bits per heavy atom. The number of rotatable bonds is 3. The van der Waals surface area contributed by atoms with Gasteiger partial charge in [-0.25, -0.2) is 14.2 Å². The molecule has 0 aliphatic heterocycles. The summed E-state index contributed by atoms with van der Waals surface area (Å²) in [6.45, 7) is 1.73. The first kappa shape index (κ1) is 13.5. The third-order valence-corrected chi connectivity index (χ3v) is 2.88. The van der Waals surface area contributed by atoms with E-state index in [1.165, 1.54) is 0 Å². The van der Waals surface area contributed by atoms with Crippen LogP contribution in [0.2, 0.25) is 5.15 Å². The monoisotopic (exact) mass is 279 g/mol. The second kappa shape index (κ2) is 5.80. The zero-order valence-electron chi connectivity index (χ0n) is 10.1. The maximum absolute atomic E-state index is 13.0. The summed E-state index contributed by atoms with van der Waals surface area (Å²) in [6, 6.07) is 10.2. The van der Waals surface area contributed by atoms with Crippen LogP contribution in [0.4, 0.5) is 4.39 Å².